The van der Waals surface area contributed by atoms with Crippen molar-refractivity contribution >= 4 is 24.3 Å². The Balaban J connectivity index is 3.29. The molecule has 0 fully saturated rings. The average molecular weight is 269 g/mol. The van der Waals surface area contributed by atoms with E-state index in [0.29, 0.717) is 0 Å². The molecular weight excluding hydrogens is 262 g/mol. The van der Waals surface area contributed by atoms with Crippen LogP contribution in [0.25, 0.3) is 0 Å². The quantitative estimate of drug-likeness (QED) is 0.290. The Bertz CT molecular complexity index is 438. The molecule has 0 aliphatic carbocycles. The minimum atomic E-state index is -1.88. The number of thiol groups is 1. The van der Waals surface area contributed by atoms with Crippen molar-refractivity contribution in [1.29, 1.82) is 0 Å². The summed E-state index contributed by atoms with van der Waals surface area (Å²) in [6.45, 7) is -0.256. The second-order valence-corrected chi connectivity index (χ2v) is 3.35. The van der Waals surface area contributed by atoms with Gasteiger partial charge in [0.15, 0.2) is 23.3 Å². The number of hydrogen-bond acceptors (Lipinski definition) is 4. The number of benzene rings is 1. The Labute approximate surface area is 99.0 Å². The molecule has 0 bridgehead atoms. The summed E-state index contributed by atoms with van der Waals surface area (Å²) in [4.78, 5) is 11.2. The molecule has 0 aromatic heterocycles. The maximum atomic E-state index is 13.2. The largest absolute Gasteiger partial charge is 0.461 e. The molecule has 0 saturated carbocycles. The second kappa shape index (κ2) is 5.26. The van der Waals surface area contributed by atoms with Crippen molar-refractivity contribution in [2.24, 2.45) is 0 Å². The van der Waals surface area contributed by atoms with E-state index < -0.39 is 40.5 Å². The fourth-order valence-electron chi connectivity index (χ4n) is 1.04. The Hall–Kier alpha value is -1.44. The van der Waals surface area contributed by atoms with Crippen molar-refractivity contribution in [3.05, 3.63) is 28.8 Å². The zero-order valence-electron chi connectivity index (χ0n) is 8.27. The molecule has 8 heteroatoms. The van der Waals surface area contributed by atoms with E-state index in [1.807, 2.05) is 0 Å². The molecule has 0 aliphatic rings. The second-order valence-electron chi connectivity index (χ2n) is 2.90. The van der Waals surface area contributed by atoms with E-state index in [1.54, 1.807) is 0 Å². The van der Waals surface area contributed by atoms with Crippen molar-refractivity contribution in [2.75, 3.05) is 18.1 Å². The number of nitrogen functional groups attached to an aromatic ring is 1. The molecule has 0 radical (unpaired) electrons. The van der Waals surface area contributed by atoms with Crippen LogP contribution in [0.2, 0.25) is 0 Å². The highest BCUT2D eigenvalue weighted by molar-refractivity contribution is 7.80. The fourth-order valence-corrected chi connectivity index (χ4v) is 1.13. The Morgan fingerprint density at radius 1 is 1.12 bits per heavy atom. The number of ether oxygens (including phenoxy) is 1. The van der Waals surface area contributed by atoms with Gasteiger partial charge in [-0.2, -0.15) is 12.6 Å². The van der Waals surface area contributed by atoms with Gasteiger partial charge in [0.1, 0.15) is 17.9 Å². The summed E-state index contributed by atoms with van der Waals surface area (Å²) in [6.07, 6.45) is 0. The lowest BCUT2D eigenvalue weighted by atomic mass is 10.1. The lowest BCUT2D eigenvalue weighted by molar-refractivity contribution is 0.0517. The molecule has 0 saturated heterocycles. The molecule has 3 nitrogen and oxygen atoms in total. The molecule has 0 heterocycles. The van der Waals surface area contributed by atoms with Crippen LogP contribution in [-0.2, 0) is 4.74 Å². The van der Waals surface area contributed by atoms with Gasteiger partial charge < -0.3 is 10.5 Å². The third kappa shape index (κ3) is 2.46. The maximum Gasteiger partial charge on any atom is 0.344 e. The van der Waals surface area contributed by atoms with Crippen LogP contribution in [0.15, 0.2) is 0 Å². The highest BCUT2D eigenvalue weighted by atomic mass is 32.1. The van der Waals surface area contributed by atoms with Crippen LogP contribution >= 0.6 is 12.6 Å². The van der Waals surface area contributed by atoms with E-state index in [-0.39, 0.29) is 12.4 Å². The summed E-state index contributed by atoms with van der Waals surface area (Å²) in [6, 6.07) is 0. The Morgan fingerprint density at radius 2 is 1.59 bits per heavy atom. The summed E-state index contributed by atoms with van der Waals surface area (Å²) < 4.78 is 56.7. The minimum Gasteiger partial charge on any atom is -0.461 e. The highest BCUT2D eigenvalue weighted by Crippen LogP contribution is 2.26. The van der Waals surface area contributed by atoms with E-state index >= 15 is 0 Å². The summed E-state index contributed by atoms with van der Waals surface area (Å²) in [7, 11) is 0. The van der Waals surface area contributed by atoms with Crippen LogP contribution in [0.3, 0.4) is 0 Å². The first kappa shape index (κ1) is 13.6. The maximum absolute atomic E-state index is 13.2. The number of rotatable bonds is 3. The van der Waals surface area contributed by atoms with Gasteiger partial charge in [0.2, 0.25) is 0 Å². The molecular formula is C9H7F4NO2S. The van der Waals surface area contributed by atoms with Gasteiger partial charge in [0, 0.05) is 5.75 Å². The predicted octanol–water partition coefficient (Wildman–Crippen LogP) is 1.91. The molecule has 0 amide bonds. The number of anilines is 1. The summed E-state index contributed by atoms with van der Waals surface area (Å²) in [5.41, 5.74) is 1.98. The first-order chi connectivity index (χ1) is 7.91. The van der Waals surface area contributed by atoms with Gasteiger partial charge in [-0.1, -0.05) is 0 Å². The molecule has 94 valence electrons. The monoisotopic (exact) mass is 269 g/mol. The molecule has 0 atom stereocenters. The molecule has 1 rings (SSSR count). The lowest BCUT2D eigenvalue weighted by Crippen LogP contribution is -2.16. The van der Waals surface area contributed by atoms with Crippen molar-refractivity contribution in [1.82, 2.24) is 0 Å². The van der Waals surface area contributed by atoms with E-state index in [9.17, 15) is 22.4 Å². The first-order valence-corrected chi connectivity index (χ1v) is 4.94. The van der Waals surface area contributed by atoms with E-state index in [1.165, 1.54) is 0 Å². The summed E-state index contributed by atoms with van der Waals surface area (Å²) >= 11 is 3.68. The van der Waals surface area contributed by atoms with E-state index in [4.69, 9.17) is 5.73 Å². The van der Waals surface area contributed by atoms with Gasteiger partial charge in [-0.25, -0.2) is 22.4 Å². The van der Waals surface area contributed by atoms with Crippen molar-refractivity contribution in [2.45, 2.75) is 0 Å². The lowest BCUT2D eigenvalue weighted by Gasteiger charge is -2.08. The standard InChI is InChI=1S/C9H7F4NO2S/c10-4-3(9(15)16-1-2-17)5(11)7(13)8(14)6(4)12/h17H,1-2,14H2. The summed E-state index contributed by atoms with van der Waals surface area (Å²) in [5.74, 6) is -8.86. The Morgan fingerprint density at radius 3 is 2.00 bits per heavy atom. The van der Waals surface area contributed by atoms with E-state index in [0.717, 1.165) is 0 Å². The van der Waals surface area contributed by atoms with Gasteiger partial charge >= 0.3 is 5.97 Å². The zero-order chi connectivity index (χ0) is 13.2. The molecule has 0 aliphatic heterocycles. The normalized spacial score (nSPS) is 10.4. The number of hydrogen-bond donors (Lipinski definition) is 2. The van der Waals surface area contributed by atoms with Crippen molar-refractivity contribution in [3.8, 4) is 0 Å². The fraction of sp³-hybridized carbons (Fsp3) is 0.222. The number of nitrogens with two attached hydrogens (primary N) is 1. The highest BCUT2D eigenvalue weighted by Gasteiger charge is 2.29. The smallest absolute Gasteiger partial charge is 0.344 e. The third-order valence-electron chi connectivity index (χ3n) is 1.83. The number of carbonyl (C=O) groups excluding carboxylic acids is 1. The molecule has 2 N–H and O–H groups in total. The predicted molar refractivity (Wildman–Crippen MR) is 54.8 cm³/mol. The van der Waals surface area contributed by atoms with Crippen LogP contribution in [-0.4, -0.2) is 18.3 Å². The van der Waals surface area contributed by atoms with Crippen molar-refractivity contribution < 1.29 is 27.1 Å². The van der Waals surface area contributed by atoms with Gasteiger partial charge in [-0.05, 0) is 0 Å². The molecule has 1 aromatic rings. The van der Waals surface area contributed by atoms with Gasteiger partial charge in [-0.3, -0.25) is 0 Å². The SMILES string of the molecule is Nc1c(F)c(F)c(C(=O)OCCS)c(F)c1F. The number of esters is 1. The molecule has 17 heavy (non-hydrogen) atoms. The number of carbonyl (C=O) groups is 1. The minimum absolute atomic E-state index is 0.0922. The first-order valence-electron chi connectivity index (χ1n) is 4.31. The Kier molecular flexibility index (Phi) is 4.22. The van der Waals surface area contributed by atoms with Crippen LogP contribution < -0.4 is 5.73 Å². The average Bonchev–Trinajstić information content (AvgIpc) is 2.31. The van der Waals surface area contributed by atoms with Gasteiger partial charge in [0.05, 0.1) is 0 Å². The molecule has 0 spiro atoms. The zero-order valence-corrected chi connectivity index (χ0v) is 9.16. The van der Waals surface area contributed by atoms with Gasteiger partial charge in [0.25, 0.3) is 0 Å². The van der Waals surface area contributed by atoms with Crippen LogP contribution in [0.4, 0.5) is 23.2 Å². The van der Waals surface area contributed by atoms with E-state index in [2.05, 4.69) is 17.4 Å². The topological polar surface area (TPSA) is 52.3 Å². The van der Waals surface area contributed by atoms with Crippen molar-refractivity contribution in [3.63, 3.8) is 0 Å². The third-order valence-corrected chi connectivity index (χ3v) is 2.01. The number of halogens is 4. The van der Waals surface area contributed by atoms with Crippen LogP contribution in [0.1, 0.15) is 10.4 Å². The van der Waals surface area contributed by atoms with Crippen LogP contribution in [0, 0.1) is 23.3 Å². The van der Waals surface area contributed by atoms with Gasteiger partial charge in [-0.15, -0.1) is 0 Å². The molecule has 1 aromatic carbocycles. The summed E-state index contributed by atoms with van der Waals surface area (Å²) in [5, 5.41) is 0. The van der Waals surface area contributed by atoms with Crippen LogP contribution in [0.5, 0.6) is 0 Å². The molecule has 0 unspecified atom stereocenters.